The SMILES string of the molecule is O=C(O)CCC(Cl)(Cl)C(Cl)(Cl)C(Cl)(Cl)C(=O)O. The molecule has 0 radical (unpaired) electrons. The molecular formula is C7H6Cl6O4. The van der Waals surface area contributed by atoms with Crippen LogP contribution in [0.25, 0.3) is 0 Å². The molecule has 0 unspecified atom stereocenters. The van der Waals surface area contributed by atoms with Crippen molar-refractivity contribution in [1.29, 1.82) is 0 Å². The lowest BCUT2D eigenvalue weighted by atomic mass is 10.1. The van der Waals surface area contributed by atoms with E-state index < -0.39 is 37.8 Å². The van der Waals surface area contributed by atoms with Crippen LogP contribution >= 0.6 is 69.6 Å². The Morgan fingerprint density at radius 1 is 0.941 bits per heavy atom. The Balaban J connectivity index is 5.14. The molecule has 0 saturated carbocycles. The second kappa shape index (κ2) is 5.76. The molecule has 0 heterocycles. The van der Waals surface area contributed by atoms with Crippen molar-refractivity contribution in [2.75, 3.05) is 0 Å². The number of hydrogen-bond acceptors (Lipinski definition) is 2. The molecule has 0 aliphatic carbocycles. The molecule has 4 nitrogen and oxygen atoms in total. The Bertz CT molecular complexity index is 326. The van der Waals surface area contributed by atoms with E-state index in [1.165, 1.54) is 0 Å². The highest BCUT2D eigenvalue weighted by Crippen LogP contribution is 2.56. The van der Waals surface area contributed by atoms with E-state index in [2.05, 4.69) is 0 Å². The van der Waals surface area contributed by atoms with Crippen molar-refractivity contribution in [2.24, 2.45) is 0 Å². The normalized spacial score (nSPS) is 13.5. The van der Waals surface area contributed by atoms with E-state index in [0.717, 1.165) is 0 Å². The van der Waals surface area contributed by atoms with Crippen LogP contribution in [-0.2, 0) is 9.59 Å². The van der Waals surface area contributed by atoms with Gasteiger partial charge in [0.1, 0.15) is 0 Å². The highest BCUT2D eigenvalue weighted by Gasteiger charge is 2.64. The summed E-state index contributed by atoms with van der Waals surface area (Å²) >= 11 is 33.6. The molecule has 0 aromatic rings. The number of carbonyl (C=O) groups is 2. The van der Waals surface area contributed by atoms with Crippen molar-refractivity contribution in [2.45, 2.75) is 25.8 Å². The van der Waals surface area contributed by atoms with Gasteiger partial charge >= 0.3 is 11.9 Å². The molecule has 0 rings (SSSR count). The minimum atomic E-state index is -2.70. The predicted octanol–water partition coefficient (Wildman–Crippen LogP) is 3.46. The van der Waals surface area contributed by atoms with Crippen LogP contribution in [0.15, 0.2) is 0 Å². The van der Waals surface area contributed by atoms with Gasteiger partial charge in [-0.2, -0.15) is 0 Å². The fourth-order valence-corrected chi connectivity index (χ4v) is 2.12. The van der Waals surface area contributed by atoms with Gasteiger partial charge in [-0.3, -0.25) is 4.79 Å². The maximum Gasteiger partial charge on any atom is 0.343 e. The largest absolute Gasteiger partial charge is 0.481 e. The molecule has 0 aliphatic heterocycles. The fraction of sp³-hybridized carbons (Fsp3) is 0.714. The third kappa shape index (κ3) is 3.82. The topological polar surface area (TPSA) is 74.6 Å². The summed E-state index contributed by atoms with van der Waals surface area (Å²) in [5.74, 6) is -2.98. The van der Waals surface area contributed by atoms with Crippen LogP contribution in [0, 0.1) is 0 Å². The molecule has 0 amide bonds. The van der Waals surface area contributed by atoms with Gasteiger partial charge in [-0.15, -0.1) is 0 Å². The van der Waals surface area contributed by atoms with Crippen LogP contribution in [0.4, 0.5) is 0 Å². The minimum absolute atomic E-state index is 0.438. The van der Waals surface area contributed by atoms with E-state index in [4.69, 9.17) is 79.8 Å². The standard InChI is InChI=1S/C7H6Cl6O4/c8-5(9,2-1-3(14)15)7(12,13)6(10,11)4(16)17/h1-2H2,(H,14,15)(H,16,17). The highest BCUT2D eigenvalue weighted by atomic mass is 35.5. The summed E-state index contributed by atoms with van der Waals surface area (Å²) in [5, 5.41) is 17.2. The summed E-state index contributed by atoms with van der Waals surface area (Å²) in [6.45, 7) is 0. The molecule has 17 heavy (non-hydrogen) atoms. The van der Waals surface area contributed by atoms with E-state index in [1.54, 1.807) is 0 Å². The Morgan fingerprint density at radius 2 is 1.35 bits per heavy atom. The summed E-state index contributed by atoms with van der Waals surface area (Å²) in [6, 6.07) is 0. The Morgan fingerprint density at radius 3 is 1.65 bits per heavy atom. The number of carboxylic acids is 2. The van der Waals surface area contributed by atoms with Crippen LogP contribution in [0.1, 0.15) is 12.8 Å². The van der Waals surface area contributed by atoms with Crippen molar-refractivity contribution >= 4 is 81.5 Å². The first-order chi connectivity index (χ1) is 7.36. The first-order valence-corrected chi connectivity index (χ1v) is 6.21. The minimum Gasteiger partial charge on any atom is -0.481 e. The molecule has 0 aromatic heterocycles. The second-order valence-corrected chi connectivity index (χ2v) is 7.19. The number of alkyl halides is 6. The van der Waals surface area contributed by atoms with E-state index in [0.29, 0.717) is 0 Å². The zero-order chi connectivity index (χ0) is 14.1. The molecular weight excluding hydrogens is 361 g/mol. The highest BCUT2D eigenvalue weighted by molar-refractivity contribution is 6.73. The quantitative estimate of drug-likeness (QED) is 0.706. The molecule has 0 saturated heterocycles. The molecule has 100 valence electrons. The maximum atomic E-state index is 10.8. The summed E-state index contributed by atoms with van der Waals surface area (Å²) < 4.78 is -7.36. The molecule has 0 aliphatic rings. The maximum absolute atomic E-state index is 10.8. The first-order valence-electron chi connectivity index (χ1n) is 3.95. The molecule has 0 atom stereocenters. The van der Waals surface area contributed by atoms with Gasteiger partial charge in [-0.25, -0.2) is 4.79 Å². The zero-order valence-electron chi connectivity index (χ0n) is 7.89. The predicted molar refractivity (Wildman–Crippen MR) is 67.8 cm³/mol. The number of halogens is 6. The van der Waals surface area contributed by atoms with Gasteiger partial charge in [-0.1, -0.05) is 69.6 Å². The van der Waals surface area contributed by atoms with Crippen molar-refractivity contribution < 1.29 is 19.8 Å². The summed E-state index contributed by atoms with van der Waals surface area (Å²) in [7, 11) is 0. The monoisotopic (exact) mass is 364 g/mol. The summed E-state index contributed by atoms with van der Waals surface area (Å²) in [4.78, 5) is 21.2. The number of aliphatic carboxylic acids is 2. The fourth-order valence-electron chi connectivity index (χ4n) is 0.785. The van der Waals surface area contributed by atoms with Crippen LogP contribution in [-0.4, -0.2) is 35.2 Å². The molecule has 10 heteroatoms. The van der Waals surface area contributed by atoms with E-state index in [-0.39, 0.29) is 0 Å². The van der Waals surface area contributed by atoms with Gasteiger partial charge in [-0.05, 0) is 6.42 Å². The van der Waals surface area contributed by atoms with Crippen LogP contribution in [0.2, 0.25) is 0 Å². The smallest absolute Gasteiger partial charge is 0.343 e. The van der Waals surface area contributed by atoms with Gasteiger partial charge in [0.15, 0.2) is 8.67 Å². The van der Waals surface area contributed by atoms with Crippen molar-refractivity contribution in [3.63, 3.8) is 0 Å². The van der Waals surface area contributed by atoms with Gasteiger partial charge in [0, 0.05) is 6.42 Å². The average Bonchev–Trinajstić information content (AvgIpc) is 2.14. The van der Waals surface area contributed by atoms with Gasteiger partial charge in [0.2, 0.25) is 4.33 Å². The lowest BCUT2D eigenvalue weighted by molar-refractivity contribution is -0.138. The number of hydrogen-bond donors (Lipinski definition) is 2. The summed E-state index contributed by atoms with van der Waals surface area (Å²) in [5.41, 5.74) is 0. The molecule has 2 N–H and O–H groups in total. The van der Waals surface area contributed by atoms with Gasteiger partial charge < -0.3 is 10.2 Å². The lowest BCUT2D eigenvalue weighted by Crippen LogP contribution is -2.54. The first kappa shape index (κ1) is 17.7. The van der Waals surface area contributed by atoms with Crippen LogP contribution in [0.5, 0.6) is 0 Å². The van der Waals surface area contributed by atoms with Crippen LogP contribution < -0.4 is 0 Å². The lowest BCUT2D eigenvalue weighted by Gasteiger charge is -2.38. The van der Waals surface area contributed by atoms with Crippen molar-refractivity contribution in [3.8, 4) is 0 Å². The second-order valence-electron chi connectivity index (χ2n) is 3.05. The number of rotatable bonds is 6. The Hall–Kier alpha value is 0.680. The third-order valence-corrected chi connectivity index (χ3v) is 5.60. The summed E-state index contributed by atoms with van der Waals surface area (Å²) in [6.07, 6.45) is -0.926. The zero-order valence-corrected chi connectivity index (χ0v) is 12.4. The molecule has 0 bridgehead atoms. The van der Waals surface area contributed by atoms with Gasteiger partial charge in [0.05, 0.1) is 0 Å². The Labute approximate surface area is 127 Å². The van der Waals surface area contributed by atoms with Crippen molar-refractivity contribution in [1.82, 2.24) is 0 Å². The molecule has 0 aromatic carbocycles. The molecule has 0 spiro atoms. The average molecular weight is 367 g/mol. The number of carboxylic acid groups (broad SMARTS) is 2. The van der Waals surface area contributed by atoms with E-state index >= 15 is 0 Å². The van der Waals surface area contributed by atoms with E-state index in [1.807, 2.05) is 0 Å². The van der Waals surface area contributed by atoms with Gasteiger partial charge in [0.25, 0.3) is 0 Å². The Kier molecular flexibility index (Phi) is 5.99. The molecule has 0 fully saturated rings. The van der Waals surface area contributed by atoms with E-state index in [9.17, 15) is 9.59 Å². The van der Waals surface area contributed by atoms with Crippen LogP contribution in [0.3, 0.4) is 0 Å². The van der Waals surface area contributed by atoms with Crippen molar-refractivity contribution in [3.05, 3.63) is 0 Å². The third-order valence-electron chi connectivity index (χ3n) is 1.78.